The van der Waals surface area contributed by atoms with Gasteiger partial charge < -0.3 is 19.2 Å². The molecule has 1 heterocycles. The Balaban J connectivity index is 1.47. The lowest BCUT2D eigenvalue weighted by Crippen LogP contribution is -2.41. The summed E-state index contributed by atoms with van der Waals surface area (Å²) in [4.78, 5) is 26.8. The van der Waals surface area contributed by atoms with Crippen LogP contribution in [0.15, 0.2) is 36.4 Å². The molecule has 0 aromatic heterocycles. The van der Waals surface area contributed by atoms with Crippen LogP contribution in [0.2, 0.25) is 5.02 Å². The normalized spacial score (nSPS) is 25.2. The van der Waals surface area contributed by atoms with E-state index in [1.807, 2.05) is 44.2 Å². The van der Waals surface area contributed by atoms with Gasteiger partial charge in [-0.1, -0.05) is 31.5 Å². The molecule has 0 saturated heterocycles. The van der Waals surface area contributed by atoms with E-state index in [-0.39, 0.29) is 23.2 Å². The Hall–Kier alpha value is -2.53. The molecular weight excluding hydrogens is 462 g/mol. The molecule has 2 saturated carbocycles. The van der Waals surface area contributed by atoms with Crippen molar-refractivity contribution in [2.45, 2.75) is 52.6 Å². The summed E-state index contributed by atoms with van der Waals surface area (Å²) in [7, 11) is 0. The zero-order valence-electron chi connectivity index (χ0n) is 20.6. The van der Waals surface area contributed by atoms with Gasteiger partial charge in [0.25, 0.3) is 0 Å². The number of ether oxygens (including phenoxy) is 2. The van der Waals surface area contributed by atoms with Crippen molar-refractivity contribution >= 4 is 29.5 Å². The highest BCUT2D eigenvalue weighted by atomic mass is 35.5. The maximum absolute atomic E-state index is 12.8. The fourth-order valence-corrected chi connectivity index (χ4v) is 5.97. The first-order chi connectivity index (χ1) is 16.9. The summed E-state index contributed by atoms with van der Waals surface area (Å²) >= 11 is 6.28. The number of anilines is 1. The van der Waals surface area contributed by atoms with Crippen molar-refractivity contribution in [3.05, 3.63) is 58.1 Å². The van der Waals surface area contributed by atoms with Crippen molar-refractivity contribution in [3.63, 3.8) is 0 Å². The number of esters is 1. The zero-order chi connectivity index (χ0) is 24.6. The van der Waals surface area contributed by atoms with Gasteiger partial charge in [-0.2, -0.15) is 0 Å². The molecular formula is C29H34ClNO4. The Kier molecular flexibility index (Phi) is 6.80. The van der Waals surface area contributed by atoms with Gasteiger partial charge in [-0.3, -0.25) is 0 Å². The van der Waals surface area contributed by atoms with Gasteiger partial charge in [-0.15, -0.1) is 0 Å². The van der Waals surface area contributed by atoms with Crippen molar-refractivity contribution in [1.29, 1.82) is 0 Å². The Morgan fingerprint density at radius 1 is 1.23 bits per heavy atom. The van der Waals surface area contributed by atoms with Gasteiger partial charge in [0.05, 0.1) is 17.9 Å². The number of aldehydes is 1. The van der Waals surface area contributed by atoms with E-state index in [1.165, 1.54) is 5.56 Å². The predicted molar refractivity (Wildman–Crippen MR) is 137 cm³/mol. The average molecular weight is 496 g/mol. The second-order valence-corrected chi connectivity index (χ2v) is 11.3. The summed E-state index contributed by atoms with van der Waals surface area (Å²) in [6.45, 7) is 6.54. The number of fused-ring (bicyclic) bond motifs is 3. The predicted octanol–water partition coefficient (Wildman–Crippen LogP) is 6.10. The molecule has 6 heteroatoms. The maximum Gasteiger partial charge on any atom is 0.338 e. The van der Waals surface area contributed by atoms with E-state index in [2.05, 4.69) is 4.90 Å². The third-order valence-corrected chi connectivity index (χ3v) is 8.20. The number of carbonyl (C=O) groups excluding carboxylic acids is 2. The first kappa shape index (κ1) is 24.2. The van der Waals surface area contributed by atoms with Crippen LogP contribution in [-0.2, 0) is 22.6 Å². The Morgan fingerprint density at radius 2 is 2.09 bits per heavy atom. The largest absolute Gasteiger partial charge is 0.487 e. The summed E-state index contributed by atoms with van der Waals surface area (Å²) in [5, 5.41) is 0.744. The molecule has 3 aliphatic rings. The van der Waals surface area contributed by atoms with Gasteiger partial charge in [-0.05, 0) is 85.4 Å². The lowest BCUT2D eigenvalue weighted by atomic mass is 9.73. The maximum atomic E-state index is 12.8. The van der Waals surface area contributed by atoms with Gasteiger partial charge in [-0.25, -0.2) is 4.79 Å². The number of aryl methyl sites for hydroxylation is 1. The third-order valence-electron chi connectivity index (χ3n) is 7.96. The van der Waals surface area contributed by atoms with Gasteiger partial charge in [0.15, 0.2) is 0 Å². The highest BCUT2D eigenvalue weighted by Gasteiger charge is 2.67. The van der Waals surface area contributed by atoms with Crippen molar-refractivity contribution in [2.75, 3.05) is 24.6 Å². The molecule has 1 unspecified atom stereocenters. The Bertz CT molecular complexity index is 1120. The quantitative estimate of drug-likeness (QED) is 0.358. The van der Waals surface area contributed by atoms with Crippen molar-refractivity contribution in [2.24, 2.45) is 23.2 Å². The van der Waals surface area contributed by atoms with Gasteiger partial charge >= 0.3 is 5.97 Å². The summed E-state index contributed by atoms with van der Waals surface area (Å²) < 4.78 is 11.9. The SMILES string of the molecule is CC(C)COC(=O)c1ccc2c(c1)N(CC13C[C@@H]1C[C@H]3C=O)CCCCc1cc(Cl)ccc1CO2. The van der Waals surface area contributed by atoms with Gasteiger partial charge in [0, 0.05) is 29.4 Å². The number of nitrogens with zero attached hydrogens (tertiary/aromatic N) is 1. The van der Waals surface area contributed by atoms with E-state index in [0.29, 0.717) is 24.7 Å². The first-order valence-electron chi connectivity index (χ1n) is 12.8. The van der Waals surface area contributed by atoms with Crippen molar-refractivity contribution in [1.82, 2.24) is 0 Å². The second-order valence-electron chi connectivity index (χ2n) is 10.9. The fourth-order valence-electron chi connectivity index (χ4n) is 5.78. The van der Waals surface area contributed by atoms with E-state index >= 15 is 0 Å². The molecule has 2 aliphatic carbocycles. The molecule has 5 nitrogen and oxygen atoms in total. The van der Waals surface area contributed by atoms with Gasteiger partial charge in [0.2, 0.25) is 0 Å². The minimum atomic E-state index is -0.312. The van der Waals surface area contributed by atoms with E-state index in [0.717, 1.165) is 73.5 Å². The molecule has 3 atom stereocenters. The molecule has 1 aliphatic heterocycles. The van der Waals surface area contributed by atoms with Crippen LogP contribution in [0.1, 0.15) is 61.0 Å². The Labute approximate surface area is 212 Å². The molecule has 0 radical (unpaired) electrons. The number of rotatable bonds is 6. The summed E-state index contributed by atoms with van der Waals surface area (Å²) in [6.07, 6.45) is 6.25. The fraction of sp³-hybridized carbons (Fsp3) is 0.517. The molecule has 2 fully saturated rings. The lowest BCUT2D eigenvalue weighted by molar-refractivity contribution is -0.115. The highest BCUT2D eigenvalue weighted by molar-refractivity contribution is 6.30. The average Bonchev–Trinajstić information content (AvgIpc) is 3.41. The van der Waals surface area contributed by atoms with Crippen molar-refractivity contribution < 1.29 is 19.1 Å². The Morgan fingerprint density at radius 3 is 2.83 bits per heavy atom. The van der Waals surface area contributed by atoms with E-state index < -0.39 is 0 Å². The van der Waals surface area contributed by atoms with Crippen molar-refractivity contribution in [3.8, 4) is 5.75 Å². The molecule has 0 amide bonds. The van der Waals surface area contributed by atoms with E-state index in [9.17, 15) is 9.59 Å². The minimum absolute atomic E-state index is 0.0871. The number of carbonyl (C=O) groups is 2. The molecule has 5 rings (SSSR count). The zero-order valence-corrected chi connectivity index (χ0v) is 21.4. The standard InChI is InChI=1S/C29H34ClNO4/c1-19(2)16-35-28(33)21-7-9-27-26(12-21)31(18-29-14-23(29)13-24(29)15-32)10-4-3-5-20-11-25(30)8-6-22(20)17-34-27/h6-9,11-12,15,19,23-24H,3-5,10,13-14,16-18H2,1-2H3/t23-,24-,29?/m0/s1. The molecule has 0 bridgehead atoms. The number of hydrogen-bond acceptors (Lipinski definition) is 5. The second kappa shape index (κ2) is 9.85. The van der Waals surface area contributed by atoms with E-state index in [1.54, 1.807) is 6.07 Å². The minimum Gasteiger partial charge on any atom is -0.487 e. The first-order valence-corrected chi connectivity index (χ1v) is 13.2. The van der Waals surface area contributed by atoms with Crippen LogP contribution in [0.5, 0.6) is 5.75 Å². The molecule has 35 heavy (non-hydrogen) atoms. The lowest BCUT2D eigenvalue weighted by Gasteiger charge is -2.39. The molecule has 0 N–H and O–H groups in total. The molecule has 2 aromatic carbocycles. The van der Waals surface area contributed by atoms with Crippen LogP contribution in [0.3, 0.4) is 0 Å². The monoisotopic (exact) mass is 495 g/mol. The molecule has 186 valence electrons. The molecule has 2 aromatic rings. The smallest absolute Gasteiger partial charge is 0.338 e. The van der Waals surface area contributed by atoms with Crippen LogP contribution in [-0.4, -0.2) is 32.0 Å². The van der Waals surface area contributed by atoms with E-state index in [4.69, 9.17) is 21.1 Å². The third kappa shape index (κ3) is 4.93. The number of halogens is 1. The van der Waals surface area contributed by atoms with Crippen LogP contribution in [0.4, 0.5) is 5.69 Å². The van der Waals surface area contributed by atoms with Crippen LogP contribution >= 0.6 is 11.6 Å². The summed E-state index contributed by atoms with van der Waals surface area (Å²) in [6, 6.07) is 11.6. The highest BCUT2D eigenvalue weighted by Crippen LogP contribution is 2.70. The topological polar surface area (TPSA) is 55.8 Å². The van der Waals surface area contributed by atoms with Gasteiger partial charge in [0.1, 0.15) is 18.6 Å². The van der Waals surface area contributed by atoms with Crippen LogP contribution in [0, 0.1) is 23.2 Å². The number of hydrogen-bond donors (Lipinski definition) is 0. The molecule has 0 spiro atoms. The summed E-state index contributed by atoms with van der Waals surface area (Å²) in [5.41, 5.74) is 3.89. The van der Waals surface area contributed by atoms with Crippen LogP contribution in [0.25, 0.3) is 0 Å². The number of benzene rings is 2. The van der Waals surface area contributed by atoms with Crippen LogP contribution < -0.4 is 9.64 Å². The summed E-state index contributed by atoms with van der Waals surface area (Å²) in [5.74, 6) is 1.50.